The van der Waals surface area contributed by atoms with Gasteiger partial charge in [-0.2, -0.15) is 0 Å². The van der Waals surface area contributed by atoms with E-state index in [4.69, 9.17) is 0 Å². The summed E-state index contributed by atoms with van der Waals surface area (Å²) in [5.41, 5.74) is 1.60. The van der Waals surface area contributed by atoms with Crippen molar-refractivity contribution in [2.24, 2.45) is 0 Å². The number of rotatable bonds is 6. The van der Waals surface area contributed by atoms with Crippen molar-refractivity contribution in [1.82, 2.24) is 20.3 Å². The van der Waals surface area contributed by atoms with Gasteiger partial charge in [-0.3, -0.25) is 0 Å². The maximum atomic E-state index is 11.6. The number of nitrogens with one attached hydrogen (secondary N) is 1. The summed E-state index contributed by atoms with van der Waals surface area (Å²) >= 11 is 0. The molecule has 0 bridgehead atoms. The molecule has 0 aliphatic carbocycles. The van der Waals surface area contributed by atoms with E-state index in [1.807, 2.05) is 37.3 Å². The fourth-order valence-corrected chi connectivity index (χ4v) is 2.94. The average molecular weight is 294 g/mol. The Bertz CT molecular complexity index is 652. The lowest BCUT2D eigenvalue weighted by Crippen LogP contribution is -2.29. The lowest BCUT2D eigenvalue weighted by Gasteiger charge is -2.17. The third-order valence-electron chi connectivity index (χ3n) is 2.85. The lowest BCUT2D eigenvalue weighted by molar-refractivity contribution is 0.544. The largest absolute Gasteiger partial charge is 0.308 e. The summed E-state index contributed by atoms with van der Waals surface area (Å²) in [4.78, 5) is 0. The standard InChI is InChI=1S/C13H18N4O2S/c1-3-14-12(10-20(2,18)19)13-9-15-16-17(13)11-7-5-4-6-8-11/h4-9,12,14H,3,10H2,1-2H3. The third-order valence-corrected chi connectivity index (χ3v) is 3.79. The first-order valence-corrected chi connectivity index (χ1v) is 8.44. The zero-order valence-corrected chi connectivity index (χ0v) is 12.3. The predicted molar refractivity (Wildman–Crippen MR) is 77.5 cm³/mol. The normalized spacial score (nSPS) is 13.3. The summed E-state index contributed by atoms with van der Waals surface area (Å²) in [6.07, 6.45) is 2.83. The highest BCUT2D eigenvalue weighted by atomic mass is 32.2. The van der Waals surface area contributed by atoms with Crippen LogP contribution in [-0.4, -0.2) is 42.0 Å². The van der Waals surface area contributed by atoms with Crippen molar-refractivity contribution in [3.63, 3.8) is 0 Å². The summed E-state index contributed by atoms with van der Waals surface area (Å²) in [6.45, 7) is 2.60. The Morgan fingerprint density at radius 1 is 1.30 bits per heavy atom. The van der Waals surface area contributed by atoms with Crippen molar-refractivity contribution >= 4 is 9.84 Å². The molecule has 108 valence electrons. The quantitative estimate of drug-likeness (QED) is 0.859. The lowest BCUT2D eigenvalue weighted by atomic mass is 10.2. The topological polar surface area (TPSA) is 76.9 Å². The molecule has 0 fully saturated rings. The highest BCUT2D eigenvalue weighted by molar-refractivity contribution is 7.90. The van der Waals surface area contributed by atoms with Crippen LogP contribution in [-0.2, 0) is 9.84 Å². The van der Waals surface area contributed by atoms with Crippen LogP contribution >= 0.6 is 0 Å². The van der Waals surface area contributed by atoms with Crippen molar-refractivity contribution in [2.45, 2.75) is 13.0 Å². The SMILES string of the molecule is CCNC(CS(C)(=O)=O)c1cnnn1-c1ccccc1. The van der Waals surface area contributed by atoms with Crippen molar-refractivity contribution in [3.05, 3.63) is 42.2 Å². The van der Waals surface area contributed by atoms with E-state index in [9.17, 15) is 8.42 Å². The molecule has 7 heteroatoms. The van der Waals surface area contributed by atoms with Crippen molar-refractivity contribution in [2.75, 3.05) is 18.6 Å². The predicted octanol–water partition coefficient (Wildman–Crippen LogP) is 0.962. The van der Waals surface area contributed by atoms with Crippen molar-refractivity contribution < 1.29 is 8.42 Å². The summed E-state index contributed by atoms with van der Waals surface area (Å²) < 4.78 is 24.8. The smallest absolute Gasteiger partial charge is 0.149 e. The fourth-order valence-electron chi connectivity index (χ4n) is 2.05. The van der Waals surface area contributed by atoms with Gasteiger partial charge in [0.2, 0.25) is 0 Å². The maximum Gasteiger partial charge on any atom is 0.149 e. The summed E-state index contributed by atoms with van der Waals surface area (Å²) in [6, 6.07) is 9.20. The molecule has 2 aromatic rings. The van der Waals surface area contributed by atoms with Gasteiger partial charge in [0.15, 0.2) is 0 Å². The number of nitrogens with zero attached hydrogens (tertiary/aromatic N) is 3. The van der Waals surface area contributed by atoms with E-state index >= 15 is 0 Å². The number of benzene rings is 1. The van der Waals surface area contributed by atoms with Gasteiger partial charge in [0.05, 0.1) is 29.4 Å². The van der Waals surface area contributed by atoms with Gasteiger partial charge in [-0.25, -0.2) is 13.1 Å². The molecule has 0 spiro atoms. The first-order valence-electron chi connectivity index (χ1n) is 6.38. The first-order chi connectivity index (χ1) is 9.51. The molecule has 0 aliphatic rings. The van der Waals surface area contributed by atoms with Gasteiger partial charge in [-0.15, -0.1) is 5.10 Å². The molecule has 0 aliphatic heterocycles. The number of hydrogen-bond donors (Lipinski definition) is 1. The van der Waals surface area contributed by atoms with Gasteiger partial charge in [0.1, 0.15) is 9.84 Å². The molecule has 2 rings (SSSR count). The highest BCUT2D eigenvalue weighted by Crippen LogP contribution is 2.17. The van der Waals surface area contributed by atoms with Crippen LogP contribution in [0.3, 0.4) is 0 Å². The molecule has 0 saturated carbocycles. The van der Waals surface area contributed by atoms with Gasteiger partial charge >= 0.3 is 0 Å². The Balaban J connectivity index is 2.38. The molecular weight excluding hydrogens is 276 g/mol. The average Bonchev–Trinajstić information content (AvgIpc) is 2.87. The Hall–Kier alpha value is -1.73. The van der Waals surface area contributed by atoms with Gasteiger partial charge in [0, 0.05) is 6.26 Å². The molecule has 1 atom stereocenters. The van der Waals surface area contributed by atoms with Crippen molar-refractivity contribution in [1.29, 1.82) is 0 Å². The van der Waals surface area contributed by atoms with Crippen LogP contribution in [0.5, 0.6) is 0 Å². The van der Waals surface area contributed by atoms with Crippen LogP contribution in [0.4, 0.5) is 0 Å². The molecule has 20 heavy (non-hydrogen) atoms. The van der Waals surface area contributed by atoms with E-state index in [2.05, 4.69) is 15.6 Å². The van der Waals surface area contributed by atoms with Crippen LogP contribution in [0.1, 0.15) is 18.7 Å². The summed E-state index contributed by atoms with van der Waals surface area (Å²) in [7, 11) is -3.10. The third kappa shape index (κ3) is 3.64. The molecule has 1 unspecified atom stereocenters. The van der Waals surface area contributed by atoms with Crippen LogP contribution in [0.2, 0.25) is 0 Å². The Morgan fingerprint density at radius 3 is 2.60 bits per heavy atom. The molecular formula is C13H18N4O2S. The second-order valence-electron chi connectivity index (χ2n) is 4.61. The van der Waals surface area contributed by atoms with Crippen LogP contribution in [0.15, 0.2) is 36.5 Å². The minimum atomic E-state index is -3.10. The van der Waals surface area contributed by atoms with E-state index in [-0.39, 0.29) is 11.8 Å². The number of sulfone groups is 1. The summed E-state index contributed by atoms with van der Waals surface area (Å²) in [5.74, 6) is 0.0149. The molecule has 1 heterocycles. The minimum Gasteiger partial charge on any atom is -0.308 e. The van der Waals surface area contributed by atoms with Crippen LogP contribution < -0.4 is 5.32 Å². The Labute approximate surface area is 118 Å². The molecule has 0 saturated heterocycles. The number of hydrogen-bond acceptors (Lipinski definition) is 5. The number of aromatic nitrogens is 3. The molecule has 0 radical (unpaired) electrons. The molecule has 1 aromatic carbocycles. The highest BCUT2D eigenvalue weighted by Gasteiger charge is 2.21. The minimum absolute atomic E-state index is 0.0149. The summed E-state index contributed by atoms with van der Waals surface area (Å²) in [5, 5.41) is 11.1. The molecule has 1 aromatic heterocycles. The number of para-hydroxylation sites is 1. The Morgan fingerprint density at radius 2 is 2.00 bits per heavy atom. The van der Waals surface area contributed by atoms with Gasteiger partial charge in [-0.05, 0) is 18.7 Å². The second kappa shape index (κ2) is 6.15. The Kier molecular flexibility index (Phi) is 4.51. The van der Waals surface area contributed by atoms with Gasteiger partial charge < -0.3 is 5.32 Å². The van der Waals surface area contributed by atoms with Gasteiger partial charge in [-0.1, -0.05) is 30.3 Å². The van der Waals surface area contributed by atoms with E-state index < -0.39 is 9.84 Å². The van der Waals surface area contributed by atoms with Crippen molar-refractivity contribution in [3.8, 4) is 5.69 Å². The van der Waals surface area contributed by atoms with Gasteiger partial charge in [0.25, 0.3) is 0 Å². The molecule has 1 N–H and O–H groups in total. The van der Waals surface area contributed by atoms with Crippen LogP contribution in [0, 0.1) is 0 Å². The molecule has 0 amide bonds. The van der Waals surface area contributed by atoms with E-state index in [1.165, 1.54) is 6.26 Å². The zero-order valence-electron chi connectivity index (χ0n) is 11.5. The fraction of sp³-hybridized carbons (Fsp3) is 0.385. The zero-order chi connectivity index (χ0) is 14.6. The van der Waals surface area contributed by atoms with E-state index in [1.54, 1.807) is 10.9 Å². The van der Waals surface area contributed by atoms with Crippen LogP contribution in [0.25, 0.3) is 5.69 Å². The first kappa shape index (κ1) is 14.7. The second-order valence-corrected chi connectivity index (χ2v) is 6.79. The maximum absolute atomic E-state index is 11.6. The molecule has 6 nitrogen and oxygen atoms in total. The monoisotopic (exact) mass is 294 g/mol. The van der Waals surface area contributed by atoms with E-state index in [0.29, 0.717) is 6.54 Å². The van der Waals surface area contributed by atoms with E-state index in [0.717, 1.165) is 11.4 Å².